The normalized spacial score (nSPS) is 16.7. The van der Waals surface area contributed by atoms with Crippen molar-refractivity contribution in [3.05, 3.63) is 59.7 Å². The van der Waals surface area contributed by atoms with Gasteiger partial charge in [-0.05, 0) is 47.4 Å². The fourth-order valence-electron chi connectivity index (χ4n) is 5.48. The predicted octanol–water partition coefficient (Wildman–Crippen LogP) is 4.84. The lowest BCUT2D eigenvalue weighted by molar-refractivity contribution is -0.138. The van der Waals surface area contributed by atoms with Gasteiger partial charge < -0.3 is 20.5 Å². The number of amides is 2. The van der Waals surface area contributed by atoms with Crippen molar-refractivity contribution < 1.29 is 24.2 Å². The van der Waals surface area contributed by atoms with Crippen LogP contribution in [0, 0.1) is 5.92 Å². The first kappa shape index (κ1) is 24.8. The Morgan fingerprint density at radius 1 is 0.943 bits per heavy atom. The average molecular weight is 479 g/mol. The molecule has 4 rings (SSSR count). The van der Waals surface area contributed by atoms with E-state index in [1.165, 1.54) is 11.1 Å². The highest BCUT2D eigenvalue weighted by Gasteiger charge is 2.30. The van der Waals surface area contributed by atoms with Gasteiger partial charge in [-0.1, -0.05) is 68.3 Å². The van der Waals surface area contributed by atoms with Crippen molar-refractivity contribution in [2.24, 2.45) is 5.92 Å². The van der Waals surface area contributed by atoms with Crippen LogP contribution in [0.25, 0.3) is 11.1 Å². The Morgan fingerprint density at radius 3 is 2.11 bits per heavy atom. The summed E-state index contributed by atoms with van der Waals surface area (Å²) in [6.07, 6.45) is 4.03. The lowest BCUT2D eigenvalue weighted by Gasteiger charge is -2.25. The van der Waals surface area contributed by atoms with Crippen LogP contribution in [0.3, 0.4) is 0 Å². The number of hydrogen-bond donors (Lipinski definition) is 3. The van der Waals surface area contributed by atoms with E-state index < -0.39 is 12.1 Å². The van der Waals surface area contributed by atoms with Crippen molar-refractivity contribution in [2.45, 2.75) is 69.9 Å². The smallest absolute Gasteiger partial charge is 0.407 e. The number of carboxylic acids is 1. The monoisotopic (exact) mass is 478 g/mol. The highest BCUT2D eigenvalue weighted by atomic mass is 16.5. The Balaban J connectivity index is 1.31. The molecule has 2 aliphatic carbocycles. The summed E-state index contributed by atoms with van der Waals surface area (Å²) in [6, 6.07) is 15.6. The van der Waals surface area contributed by atoms with Gasteiger partial charge in [-0.25, -0.2) is 4.79 Å². The van der Waals surface area contributed by atoms with Crippen molar-refractivity contribution in [2.75, 3.05) is 6.61 Å². The highest BCUT2D eigenvalue weighted by Crippen LogP contribution is 2.44. The van der Waals surface area contributed by atoms with Crippen LogP contribution >= 0.6 is 0 Å². The molecule has 0 aliphatic heterocycles. The predicted molar refractivity (Wildman–Crippen MR) is 133 cm³/mol. The molecule has 186 valence electrons. The topological polar surface area (TPSA) is 105 Å². The maximum Gasteiger partial charge on any atom is 0.407 e. The van der Waals surface area contributed by atoms with Gasteiger partial charge in [0.1, 0.15) is 6.61 Å². The number of fused-ring (bicyclic) bond motifs is 3. The Bertz CT molecular complexity index is 1020. The van der Waals surface area contributed by atoms with Crippen molar-refractivity contribution >= 4 is 18.0 Å². The summed E-state index contributed by atoms with van der Waals surface area (Å²) in [4.78, 5) is 36.6. The number of ether oxygens (including phenoxy) is 1. The highest BCUT2D eigenvalue weighted by molar-refractivity contribution is 5.80. The first-order valence-electron chi connectivity index (χ1n) is 12.6. The van der Waals surface area contributed by atoms with Gasteiger partial charge in [-0.3, -0.25) is 9.59 Å². The van der Waals surface area contributed by atoms with E-state index in [2.05, 4.69) is 34.9 Å². The fourth-order valence-corrected chi connectivity index (χ4v) is 5.48. The second-order valence-corrected chi connectivity index (χ2v) is 9.60. The number of benzene rings is 2. The zero-order valence-electron chi connectivity index (χ0n) is 20.2. The number of hydrogen-bond acceptors (Lipinski definition) is 4. The Labute approximate surface area is 206 Å². The third kappa shape index (κ3) is 6.02. The minimum absolute atomic E-state index is 0.0280. The molecule has 0 heterocycles. The molecule has 2 aromatic rings. The zero-order valence-corrected chi connectivity index (χ0v) is 20.2. The standard InChI is InChI=1S/C28H34N2O5/c1-2-19(15-26(31)30-25(16-27(32)33)18-9-3-4-10-18)29-28(34)35-17-24-22-13-7-5-11-20(22)21-12-6-8-14-23(21)24/h5-8,11-14,18-19,24-25H,2-4,9-10,15-17H2,1H3,(H,29,34)(H,30,31)(H,32,33). The summed E-state index contributed by atoms with van der Waals surface area (Å²) in [5.41, 5.74) is 4.62. The number of carbonyl (C=O) groups excluding carboxylic acids is 2. The van der Waals surface area contributed by atoms with E-state index in [-0.39, 0.29) is 49.3 Å². The Kier molecular flexibility index (Phi) is 8.06. The molecular formula is C28H34N2O5. The van der Waals surface area contributed by atoms with Crippen molar-refractivity contribution in [3.8, 4) is 11.1 Å². The maximum absolute atomic E-state index is 12.7. The van der Waals surface area contributed by atoms with E-state index in [4.69, 9.17) is 4.74 Å². The van der Waals surface area contributed by atoms with Crippen molar-refractivity contribution in [3.63, 3.8) is 0 Å². The molecule has 2 atom stereocenters. The molecule has 1 saturated carbocycles. The summed E-state index contributed by atoms with van der Waals surface area (Å²) in [7, 11) is 0. The van der Waals surface area contributed by atoms with Gasteiger partial charge in [0.2, 0.25) is 5.91 Å². The zero-order chi connectivity index (χ0) is 24.8. The van der Waals surface area contributed by atoms with Crippen LogP contribution in [-0.2, 0) is 14.3 Å². The number of alkyl carbamates (subject to hydrolysis) is 1. The molecule has 0 saturated heterocycles. The van der Waals surface area contributed by atoms with E-state index in [0.29, 0.717) is 6.42 Å². The number of carboxylic acid groups (broad SMARTS) is 1. The van der Waals surface area contributed by atoms with Gasteiger partial charge in [0.25, 0.3) is 0 Å². The van der Waals surface area contributed by atoms with E-state index in [1.54, 1.807) is 0 Å². The molecule has 2 aromatic carbocycles. The third-order valence-corrected chi connectivity index (χ3v) is 7.30. The van der Waals surface area contributed by atoms with Gasteiger partial charge in [0.15, 0.2) is 0 Å². The quantitative estimate of drug-likeness (QED) is 0.453. The van der Waals surface area contributed by atoms with Crippen LogP contribution < -0.4 is 10.6 Å². The summed E-state index contributed by atoms with van der Waals surface area (Å²) >= 11 is 0. The van der Waals surface area contributed by atoms with E-state index in [9.17, 15) is 19.5 Å². The van der Waals surface area contributed by atoms with Crippen LogP contribution in [0.2, 0.25) is 0 Å². The molecule has 2 unspecified atom stereocenters. The summed E-state index contributed by atoms with van der Waals surface area (Å²) < 4.78 is 5.61. The van der Waals surface area contributed by atoms with Crippen LogP contribution in [0.5, 0.6) is 0 Å². The number of carbonyl (C=O) groups is 3. The van der Waals surface area contributed by atoms with Crippen LogP contribution in [-0.4, -0.2) is 41.8 Å². The summed E-state index contributed by atoms with van der Waals surface area (Å²) in [6.45, 7) is 2.11. The molecule has 0 aromatic heterocycles. The molecule has 35 heavy (non-hydrogen) atoms. The van der Waals surface area contributed by atoms with Crippen molar-refractivity contribution in [1.82, 2.24) is 10.6 Å². The largest absolute Gasteiger partial charge is 0.481 e. The van der Waals surface area contributed by atoms with Gasteiger partial charge in [0.05, 0.1) is 6.42 Å². The molecule has 0 bridgehead atoms. The maximum atomic E-state index is 12.7. The molecular weight excluding hydrogens is 444 g/mol. The fraction of sp³-hybridized carbons (Fsp3) is 0.464. The van der Waals surface area contributed by atoms with Crippen LogP contribution in [0.1, 0.15) is 68.9 Å². The second kappa shape index (κ2) is 11.4. The lowest BCUT2D eigenvalue weighted by Crippen LogP contribution is -2.45. The Hall–Kier alpha value is -3.35. The van der Waals surface area contributed by atoms with E-state index in [0.717, 1.165) is 36.8 Å². The van der Waals surface area contributed by atoms with Gasteiger partial charge >= 0.3 is 12.1 Å². The molecule has 1 fully saturated rings. The Morgan fingerprint density at radius 2 is 1.54 bits per heavy atom. The minimum atomic E-state index is -0.911. The molecule has 0 radical (unpaired) electrons. The second-order valence-electron chi connectivity index (χ2n) is 9.60. The molecule has 7 nitrogen and oxygen atoms in total. The number of rotatable bonds is 10. The summed E-state index contributed by atoms with van der Waals surface area (Å²) in [5.74, 6) is -0.982. The number of aliphatic carboxylic acids is 1. The molecule has 2 amide bonds. The first-order valence-corrected chi connectivity index (χ1v) is 12.6. The SMILES string of the molecule is CCC(CC(=O)NC(CC(=O)O)C1CCCC1)NC(=O)OCC1c2ccccc2-c2ccccc21. The third-order valence-electron chi connectivity index (χ3n) is 7.30. The summed E-state index contributed by atoms with van der Waals surface area (Å²) in [5, 5.41) is 15.0. The van der Waals surface area contributed by atoms with Crippen molar-refractivity contribution in [1.29, 1.82) is 0 Å². The lowest BCUT2D eigenvalue weighted by atomic mass is 9.95. The molecule has 2 aliphatic rings. The van der Waals surface area contributed by atoms with Crippen LogP contribution in [0.15, 0.2) is 48.5 Å². The number of nitrogens with one attached hydrogen (secondary N) is 2. The van der Waals surface area contributed by atoms with Gasteiger partial charge in [-0.15, -0.1) is 0 Å². The molecule has 3 N–H and O–H groups in total. The minimum Gasteiger partial charge on any atom is -0.481 e. The molecule has 7 heteroatoms. The van der Waals surface area contributed by atoms with E-state index in [1.807, 2.05) is 31.2 Å². The van der Waals surface area contributed by atoms with Gasteiger partial charge in [-0.2, -0.15) is 0 Å². The molecule has 0 spiro atoms. The first-order chi connectivity index (χ1) is 17.0. The average Bonchev–Trinajstić information content (AvgIpc) is 3.49. The van der Waals surface area contributed by atoms with Crippen LogP contribution in [0.4, 0.5) is 4.79 Å². The van der Waals surface area contributed by atoms with Gasteiger partial charge in [0, 0.05) is 24.4 Å². The van der Waals surface area contributed by atoms with E-state index >= 15 is 0 Å².